The molecule has 10 heteroatoms. The lowest BCUT2D eigenvalue weighted by atomic mass is 10.2. The number of methoxy groups -OCH3 is 1. The van der Waals surface area contributed by atoms with E-state index in [4.69, 9.17) is 10.5 Å². The van der Waals surface area contributed by atoms with Crippen molar-refractivity contribution in [1.29, 1.82) is 0 Å². The van der Waals surface area contributed by atoms with Crippen LogP contribution in [-0.4, -0.2) is 47.7 Å². The molecule has 1 rings (SSSR count). The molecule has 0 saturated heterocycles. The van der Waals surface area contributed by atoms with Gasteiger partial charge in [0, 0.05) is 36.8 Å². The summed E-state index contributed by atoms with van der Waals surface area (Å²) in [5.41, 5.74) is 5.29. The van der Waals surface area contributed by atoms with E-state index in [1.807, 2.05) is 0 Å². The molecule has 0 spiro atoms. The van der Waals surface area contributed by atoms with Crippen molar-refractivity contribution in [3.05, 3.63) is 28.2 Å². The molecule has 126 valence electrons. The Balaban J connectivity index is 0.00000441. The highest BCUT2D eigenvalue weighted by Crippen LogP contribution is 2.19. The maximum Gasteiger partial charge on any atom is 0.248 e. The normalized spacial score (nSPS) is 11.0. The number of sulfonamides is 1. The molecule has 0 saturated carbocycles. The fraction of sp³-hybridized carbons (Fsp3) is 0.417. The van der Waals surface area contributed by atoms with Crippen LogP contribution in [0.1, 0.15) is 10.4 Å². The Labute approximate surface area is 144 Å². The van der Waals surface area contributed by atoms with E-state index in [9.17, 15) is 13.2 Å². The SMILES string of the molecule is COCCNCCNS(=O)(=O)c1cc(Br)cc(C(N)=O)c1.Cl. The van der Waals surface area contributed by atoms with Gasteiger partial charge in [-0.25, -0.2) is 13.1 Å². The minimum Gasteiger partial charge on any atom is -0.383 e. The van der Waals surface area contributed by atoms with Gasteiger partial charge in [0.15, 0.2) is 0 Å². The van der Waals surface area contributed by atoms with Gasteiger partial charge in [0.1, 0.15) is 0 Å². The average molecular weight is 417 g/mol. The van der Waals surface area contributed by atoms with Crippen molar-refractivity contribution >= 4 is 44.3 Å². The Morgan fingerprint density at radius 1 is 1.27 bits per heavy atom. The van der Waals surface area contributed by atoms with E-state index in [2.05, 4.69) is 26.0 Å². The van der Waals surface area contributed by atoms with Crippen molar-refractivity contribution in [2.75, 3.05) is 33.4 Å². The molecule has 0 aliphatic heterocycles. The molecule has 4 N–H and O–H groups in total. The molecular formula is C12H19BrClN3O4S. The standard InChI is InChI=1S/C12H18BrN3O4S.ClH/c1-20-5-4-15-2-3-16-21(18,19)11-7-9(12(14)17)6-10(13)8-11;/h6-8,15-16H,2-5H2,1H3,(H2,14,17);1H. The van der Waals surface area contributed by atoms with E-state index < -0.39 is 15.9 Å². The third-order valence-electron chi connectivity index (χ3n) is 2.54. The summed E-state index contributed by atoms with van der Waals surface area (Å²) in [6.45, 7) is 1.89. The Bertz CT molecular complexity index is 598. The highest BCUT2D eigenvalue weighted by atomic mass is 79.9. The zero-order valence-corrected chi connectivity index (χ0v) is 15.2. The number of ether oxygens (including phenoxy) is 1. The monoisotopic (exact) mass is 415 g/mol. The van der Waals surface area contributed by atoms with Crippen LogP contribution in [0.2, 0.25) is 0 Å². The number of amides is 1. The average Bonchev–Trinajstić information content (AvgIpc) is 2.42. The van der Waals surface area contributed by atoms with Crippen LogP contribution in [0.25, 0.3) is 0 Å². The molecule has 1 aromatic carbocycles. The van der Waals surface area contributed by atoms with Gasteiger partial charge in [-0.1, -0.05) is 15.9 Å². The number of halogens is 2. The van der Waals surface area contributed by atoms with E-state index in [0.29, 0.717) is 24.2 Å². The summed E-state index contributed by atoms with van der Waals surface area (Å²) in [4.78, 5) is 11.1. The molecule has 0 heterocycles. The topological polar surface area (TPSA) is 111 Å². The second kappa shape index (κ2) is 10.1. The van der Waals surface area contributed by atoms with E-state index in [-0.39, 0.29) is 29.4 Å². The molecule has 1 amide bonds. The van der Waals surface area contributed by atoms with Crippen LogP contribution in [-0.2, 0) is 14.8 Å². The molecule has 0 fully saturated rings. The molecule has 0 aliphatic carbocycles. The van der Waals surface area contributed by atoms with Gasteiger partial charge in [-0.15, -0.1) is 12.4 Å². The van der Waals surface area contributed by atoms with Gasteiger partial charge in [0.05, 0.1) is 11.5 Å². The second-order valence-corrected chi connectivity index (χ2v) is 6.86. The minimum absolute atomic E-state index is 0. The first-order chi connectivity index (χ1) is 9.86. The molecule has 1 aromatic rings. The van der Waals surface area contributed by atoms with Crippen LogP contribution in [0.4, 0.5) is 0 Å². The van der Waals surface area contributed by atoms with Crippen molar-refractivity contribution in [3.63, 3.8) is 0 Å². The number of benzene rings is 1. The van der Waals surface area contributed by atoms with Crippen molar-refractivity contribution in [1.82, 2.24) is 10.0 Å². The lowest BCUT2D eigenvalue weighted by molar-refractivity contribution is 0.1000. The first-order valence-electron chi connectivity index (χ1n) is 6.16. The van der Waals surface area contributed by atoms with Crippen molar-refractivity contribution in [2.45, 2.75) is 4.90 Å². The highest BCUT2D eigenvalue weighted by molar-refractivity contribution is 9.10. The van der Waals surface area contributed by atoms with Gasteiger partial charge in [0.25, 0.3) is 0 Å². The third-order valence-corrected chi connectivity index (χ3v) is 4.44. The minimum atomic E-state index is -3.69. The summed E-state index contributed by atoms with van der Waals surface area (Å²) in [7, 11) is -2.10. The number of nitrogens with one attached hydrogen (secondary N) is 2. The van der Waals surface area contributed by atoms with Gasteiger partial charge < -0.3 is 15.8 Å². The van der Waals surface area contributed by atoms with Crippen LogP contribution in [0.15, 0.2) is 27.6 Å². The summed E-state index contributed by atoms with van der Waals surface area (Å²) in [5.74, 6) is -0.686. The van der Waals surface area contributed by atoms with Gasteiger partial charge in [-0.2, -0.15) is 0 Å². The number of carbonyl (C=O) groups is 1. The number of carbonyl (C=O) groups excluding carboxylic acids is 1. The predicted octanol–water partition coefficient (Wildman–Crippen LogP) is 0.484. The number of hydrogen-bond acceptors (Lipinski definition) is 5. The molecule has 0 aromatic heterocycles. The molecule has 0 unspecified atom stereocenters. The molecule has 22 heavy (non-hydrogen) atoms. The summed E-state index contributed by atoms with van der Waals surface area (Å²) in [5, 5.41) is 3.02. The van der Waals surface area contributed by atoms with Crippen LogP contribution >= 0.6 is 28.3 Å². The Morgan fingerprint density at radius 3 is 2.55 bits per heavy atom. The number of nitrogens with two attached hydrogens (primary N) is 1. The summed E-state index contributed by atoms with van der Waals surface area (Å²) in [6.07, 6.45) is 0. The summed E-state index contributed by atoms with van der Waals surface area (Å²) >= 11 is 3.16. The maximum absolute atomic E-state index is 12.1. The fourth-order valence-corrected chi connectivity index (χ4v) is 3.26. The van der Waals surface area contributed by atoms with E-state index >= 15 is 0 Å². The lowest BCUT2D eigenvalue weighted by Gasteiger charge is -2.09. The fourth-order valence-electron chi connectivity index (χ4n) is 1.52. The Hall–Kier alpha value is -0.710. The molecule has 0 atom stereocenters. The number of primary amides is 1. The molecule has 0 bridgehead atoms. The zero-order chi connectivity index (χ0) is 15.9. The van der Waals surface area contributed by atoms with E-state index in [1.165, 1.54) is 18.2 Å². The smallest absolute Gasteiger partial charge is 0.248 e. The van der Waals surface area contributed by atoms with Crippen LogP contribution in [0.5, 0.6) is 0 Å². The van der Waals surface area contributed by atoms with Crippen LogP contribution < -0.4 is 15.8 Å². The summed E-state index contributed by atoms with van der Waals surface area (Å²) < 4.78 is 32.0. The van der Waals surface area contributed by atoms with Gasteiger partial charge >= 0.3 is 0 Å². The number of rotatable bonds is 9. The first kappa shape index (κ1) is 21.3. The van der Waals surface area contributed by atoms with Crippen molar-refractivity contribution in [3.8, 4) is 0 Å². The van der Waals surface area contributed by atoms with Gasteiger partial charge in [-0.05, 0) is 18.2 Å². The molecule has 0 radical (unpaired) electrons. The van der Waals surface area contributed by atoms with Crippen molar-refractivity contribution in [2.24, 2.45) is 5.73 Å². The zero-order valence-electron chi connectivity index (χ0n) is 12.0. The Kier molecular flexibility index (Phi) is 9.81. The largest absolute Gasteiger partial charge is 0.383 e. The van der Waals surface area contributed by atoms with E-state index in [0.717, 1.165) is 0 Å². The van der Waals surface area contributed by atoms with Crippen LogP contribution in [0.3, 0.4) is 0 Å². The molecule has 7 nitrogen and oxygen atoms in total. The molecular weight excluding hydrogens is 398 g/mol. The maximum atomic E-state index is 12.1. The highest BCUT2D eigenvalue weighted by Gasteiger charge is 2.16. The summed E-state index contributed by atoms with van der Waals surface area (Å²) in [6, 6.07) is 4.12. The number of hydrogen-bond donors (Lipinski definition) is 3. The predicted molar refractivity (Wildman–Crippen MR) is 89.8 cm³/mol. The van der Waals surface area contributed by atoms with Gasteiger partial charge in [-0.3, -0.25) is 4.79 Å². The van der Waals surface area contributed by atoms with Gasteiger partial charge in [0.2, 0.25) is 15.9 Å². The Morgan fingerprint density at radius 2 is 1.95 bits per heavy atom. The van der Waals surface area contributed by atoms with Crippen LogP contribution in [0, 0.1) is 0 Å². The third kappa shape index (κ3) is 7.03. The van der Waals surface area contributed by atoms with E-state index in [1.54, 1.807) is 7.11 Å². The second-order valence-electron chi connectivity index (χ2n) is 4.18. The first-order valence-corrected chi connectivity index (χ1v) is 8.44. The molecule has 0 aliphatic rings. The van der Waals surface area contributed by atoms with Crippen molar-refractivity contribution < 1.29 is 17.9 Å². The lowest BCUT2D eigenvalue weighted by Crippen LogP contribution is -2.33. The quantitative estimate of drug-likeness (QED) is 0.507.